The number of ether oxygens (including phenoxy) is 1. The number of hydrogen-bond donors (Lipinski definition) is 1. The molecule has 1 aromatic carbocycles. The Morgan fingerprint density at radius 3 is 1.70 bits per heavy atom. The van der Waals surface area contributed by atoms with E-state index in [0.29, 0.717) is 0 Å². The Hall–Kier alpha value is -0.630. The minimum atomic E-state index is 0.0856. The summed E-state index contributed by atoms with van der Waals surface area (Å²) in [5.74, 6) is 1.99. The average molecular weight is 295 g/mol. The van der Waals surface area contributed by atoms with Crippen LogP contribution in [0, 0.1) is 0 Å². The van der Waals surface area contributed by atoms with Crippen LogP contribution < -0.4 is 4.74 Å². The third-order valence-electron chi connectivity index (χ3n) is 3.59. The predicted octanol–water partition coefficient (Wildman–Crippen LogP) is 5.15. The van der Waals surface area contributed by atoms with Gasteiger partial charge in [-0.25, -0.2) is 0 Å². The lowest BCUT2D eigenvalue weighted by Gasteiger charge is -2.30. The Bertz CT molecular complexity index is 414. The topological polar surface area (TPSA) is 9.23 Å². The normalized spacial score (nSPS) is 12.6. The molecule has 2 heteroatoms. The Kier molecular flexibility index (Phi) is 5.60. The molecule has 0 aliphatic rings. The van der Waals surface area contributed by atoms with Crippen LogP contribution in [0.2, 0.25) is 0 Å². The number of rotatable bonds is 4. The van der Waals surface area contributed by atoms with Crippen LogP contribution in [0.25, 0.3) is 0 Å². The maximum Gasteiger partial charge on any atom is 0.126 e. The van der Waals surface area contributed by atoms with Crippen LogP contribution in [-0.2, 0) is 17.3 Å². The van der Waals surface area contributed by atoms with Gasteiger partial charge in [-0.1, -0.05) is 53.7 Å². The van der Waals surface area contributed by atoms with Crippen LogP contribution in [0.4, 0.5) is 0 Å². The molecule has 0 radical (unpaired) electrons. The highest BCUT2D eigenvalue weighted by Crippen LogP contribution is 2.40. The molecule has 0 spiro atoms. The minimum Gasteiger partial charge on any atom is -0.496 e. The quantitative estimate of drug-likeness (QED) is 0.755. The van der Waals surface area contributed by atoms with Crippen molar-refractivity contribution in [2.45, 2.75) is 65.2 Å². The second-order valence-electron chi connectivity index (χ2n) is 7.55. The molecule has 0 aliphatic heterocycles. The molecule has 0 N–H and O–H groups in total. The summed E-state index contributed by atoms with van der Waals surface area (Å²) < 4.78 is 5.77. The summed E-state index contributed by atoms with van der Waals surface area (Å²) in [4.78, 5) is 0. The van der Waals surface area contributed by atoms with Gasteiger partial charge in [0.05, 0.1) is 7.11 Å². The van der Waals surface area contributed by atoms with Crippen molar-refractivity contribution in [3.63, 3.8) is 0 Å². The molecule has 0 saturated heterocycles. The Balaban J connectivity index is 3.48. The highest BCUT2D eigenvalue weighted by molar-refractivity contribution is 7.80. The predicted molar refractivity (Wildman–Crippen MR) is 92.6 cm³/mol. The number of aryl methyl sites for hydroxylation is 1. The lowest BCUT2D eigenvalue weighted by atomic mass is 9.78. The van der Waals surface area contributed by atoms with Crippen LogP contribution in [0.3, 0.4) is 0 Å². The fourth-order valence-electron chi connectivity index (χ4n) is 2.45. The Labute approximate surface area is 130 Å². The molecule has 0 bridgehead atoms. The van der Waals surface area contributed by atoms with Gasteiger partial charge in [-0.3, -0.25) is 0 Å². The van der Waals surface area contributed by atoms with Crippen molar-refractivity contribution in [3.8, 4) is 5.75 Å². The van der Waals surface area contributed by atoms with Crippen molar-refractivity contribution in [2.24, 2.45) is 0 Å². The van der Waals surface area contributed by atoms with E-state index in [1.54, 1.807) is 7.11 Å². The lowest BCUT2D eigenvalue weighted by molar-refractivity contribution is 0.381. The minimum absolute atomic E-state index is 0.0856. The first kappa shape index (κ1) is 17.4. The van der Waals surface area contributed by atoms with Crippen molar-refractivity contribution < 1.29 is 4.74 Å². The third-order valence-corrected chi connectivity index (χ3v) is 3.91. The highest BCUT2D eigenvalue weighted by Gasteiger charge is 2.27. The van der Waals surface area contributed by atoms with Crippen LogP contribution in [-0.4, -0.2) is 12.9 Å². The molecular formula is C18H30OS. The first-order chi connectivity index (χ1) is 9.11. The second kappa shape index (κ2) is 6.43. The van der Waals surface area contributed by atoms with Gasteiger partial charge >= 0.3 is 0 Å². The largest absolute Gasteiger partial charge is 0.496 e. The summed E-state index contributed by atoms with van der Waals surface area (Å²) >= 11 is 4.33. The molecule has 0 unspecified atom stereocenters. The summed E-state index contributed by atoms with van der Waals surface area (Å²) in [5.41, 5.74) is 4.18. The molecule has 0 saturated carbocycles. The number of methoxy groups -OCH3 is 1. The van der Waals surface area contributed by atoms with Crippen LogP contribution >= 0.6 is 12.6 Å². The van der Waals surface area contributed by atoms with Crippen molar-refractivity contribution in [1.82, 2.24) is 0 Å². The first-order valence-corrected chi connectivity index (χ1v) is 8.07. The molecule has 0 atom stereocenters. The number of benzene rings is 1. The molecule has 1 nitrogen and oxygen atoms in total. The molecule has 20 heavy (non-hydrogen) atoms. The van der Waals surface area contributed by atoms with Crippen LogP contribution in [0.5, 0.6) is 5.75 Å². The van der Waals surface area contributed by atoms with Crippen LogP contribution in [0.15, 0.2) is 12.1 Å². The smallest absolute Gasteiger partial charge is 0.126 e. The number of thiol groups is 1. The zero-order valence-corrected chi connectivity index (χ0v) is 15.0. The molecule has 0 aliphatic carbocycles. The van der Waals surface area contributed by atoms with Gasteiger partial charge in [-0.05, 0) is 35.0 Å². The van der Waals surface area contributed by atoms with E-state index < -0.39 is 0 Å². The standard InChI is InChI=1S/C18H30OS/c1-17(2,3)14-11-13(9-8-10-20)12-15(16(14)19-7)18(4,5)6/h11-12,20H,8-10H2,1-7H3. The van der Waals surface area contributed by atoms with E-state index in [9.17, 15) is 0 Å². The monoisotopic (exact) mass is 294 g/mol. The average Bonchev–Trinajstić information content (AvgIpc) is 2.32. The van der Waals surface area contributed by atoms with E-state index in [-0.39, 0.29) is 10.8 Å². The van der Waals surface area contributed by atoms with Gasteiger partial charge in [0.1, 0.15) is 5.75 Å². The summed E-state index contributed by atoms with van der Waals surface area (Å²) in [6.45, 7) is 13.5. The van der Waals surface area contributed by atoms with E-state index in [2.05, 4.69) is 66.3 Å². The fourth-order valence-corrected chi connectivity index (χ4v) is 2.61. The van der Waals surface area contributed by atoms with Gasteiger partial charge in [0.2, 0.25) is 0 Å². The van der Waals surface area contributed by atoms with Gasteiger partial charge in [-0.2, -0.15) is 12.6 Å². The fraction of sp³-hybridized carbons (Fsp3) is 0.667. The molecule has 0 fully saturated rings. The van der Waals surface area contributed by atoms with E-state index >= 15 is 0 Å². The molecule has 0 heterocycles. The second-order valence-corrected chi connectivity index (χ2v) is 8.00. The molecule has 0 aromatic heterocycles. The summed E-state index contributed by atoms with van der Waals surface area (Å²) in [7, 11) is 1.78. The van der Waals surface area contributed by atoms with Gasteiger partial charge < -0.3 is 4.74 Å². The highest BCUT2D eigenvalue weighted by atomic mass is 32.1. The lowest BCUT2D eigenvalue weighted by Crippen LogP contribution is -2.19. The van der Waals surface area contributed by atoms with Crippen molar-refractivity contribution in [3.05, 3.63) is 28.8 Å². The number of hydrogen-bond acceptors (Lipinski definition) is 2. The van der Waals surface area contributed by atoms with E-state index in [0.717, 1.165) is 24.3 Å². The Morgan fingerprint density at radius 1 is 0.950 bits per heavy atom. The van der Waals surface area contributed by atoms with Crippen molar-refractivity contribution in [2.75, 3.05) is 12.9 Å². The van der Waals surface area contributed by atoms with E-state index in [4.69, 9.17) is 4.74 Å². The van der Waals surface area contributed by atoms with E-state index in [1.165, 1.54) is 16.7 Å². The van der Waals surface area contributed by atoms with Crippen LogP contribution in [0.1, 0.15) is 64.7 Å². The Morgan fingerprint density at radius 2 is 1.40 bits per heavy atom. The summed E-state index contributed by atoms with van der Waals surface area (Å²) in [5, 5.41) is 0. The summed E-state index contributed by atoms with van der Waals surface area (Å²) in [6.07, 6.45) is 2.20. The molecule has 1 aromatic rings. The van der Waals surface area contributed by atoms with Gasteiger partial charge in [0.15, 0.2) is 0 Å². The van der Waals surface area contributed by atoms with Gasteiger partial charge in [-0.15, -0.1) is 0 Å². The molecular weight excluding hydrogens is 264 g/mol. The molecule has 0 amide bonds. The first-order valence-electron chi connectivity index (χ1n) is 7.44. The zero-order chi connectivity index (χ0) is 15.6. The van der Waals surface area contributed by atoms with Gasteiger partial charge in [0.25, 0.3) is 0 Å². The van der Waals surface area contributed by atoms with E-state index in [1.807, 2.05) is 0 Å². The zero-order valence-electron chi connectivity index (χ0n) is 14.1. The third kappa shape index (κ3) is 4.18. The maximum atomic E-state index is 5.77. The van der Waals surface area contributed by atoms with Gasteiger partial charge in [0, 0.05) is 11.1 Å². The van der Waals surface area contributed by atoms with Crippen molar-refractivity contribution in [1.29, 1.82) is 0 Å². The molecule has 1 rings (SSSR count). The van der Waals surface area contributed by atoms with Crippen molar-refractivity contribution >= 4 is 12.6 Å². The molecule has 114 valence electrons. The summed E-state index contributed by atoms with van der Waals surface area (Å²) in [6, 6.07) is 4.63. The maximum absolute atomic E-state index is 5.77. The SMILES string of the molecule is COc1c(C(C)(C)C)cc(CCCS)cc1C(C)(C)C.